The summed E-state index contributed by atoms with van der Waals surface area (Å²) in [6, 6.07) is 9.24. The number of nitrogens with one attached hydrogen (secondary N) is 2. The Morgan fingerprint density at radius 1 is 1.18 bits per heavy atom. The number of amides is 3. The molecule has 0 aliphatic rings. The number of rotatable bonds is 10. The molecule has 4 N–H and O–H groups in total. The molecule has 0 radical (unpaired) electrons. The fourth-order valence-corrected chi connectivity index (χ4v) is 3.47. The minimum absolute atomic E-state index is 0.0484. The molecule has 1 aromatic heterocycles. The van der Waals surface area contributed by atoms with E-state index in [1.807, 2.05) is 0 Å². The average Bonchev–Trinajstić information content (AvgIpc) is 3.35. The Balaban J connectivity index is 1.61. The number of ether oxygens (including phenoxy) is 1. The first kappa shape index (κ1) is 28.4. The summed E-state index contributed by atoms with van der Waals surface area (Å²) in [5.74, 6) is -4.41. The lowest BCUT2D eigenvalue weighted by Gasteiger charge is -2.30. The minimum Gasteiger partial charge on any atom is -0.447 e. The van der Waals surface area contributed by atoms with E-state index in [2.05, 4.69) is 15.8 Å². The number of nitrogens with zero attached hydrogens (tertiary/aromatic N) is 2. The van der Waals surface area contributed by atoms with E-state index in [9.17, 15) is 27.2 Å². The zero-order valence-electron chi connectivity index (χ0n) is 20.6. The summed E-state index contributed by atoms with van der Waals surface area (Å²) in [5.41, 5.74) is 6.64. The quantitative estimate of drug-likeness (QED) is 0.323. The molecule has 0 fully saturated rings. The van der Waals surface area contributed by atoms with Crippen LogP contribution in [0.5, 0.6) is 0 Å². The van der Waals surface area contributed by atoms with Crippen LogP contribution >= 0.6 is 0 Å². The lowest BCUT2D eigenvalue weighted by Crippen LogP contribution is -2.49. The highest BCUT2D eigenvalue weighted by molar-refractivity contribution is 5.83. The Kier molecular flexibility index (Phi) is 9.29. The highest BCUT2D eigenvalue weighted by atomic mass is 19.3. The number of hydrogen-bond donors (Lipinski definition) is 3. The van der Waals surface area contributed by atoms with Gasteiger partial charge in [0.05, 0.1) is 12.6 Å². The van der Waals surface area contributed by atoms with Gasteiger partial charge in [-0.25, -0.2) is 27.2 Å². The van der Waals surface area contributed by atoms with Crippen LogP contribution < -0.4 is 16.4 Å². The van der Waals surface area contributed by atoms with Crippen LogP contribution in [0.3, 0.4) is 0 Å². The maximum absolute atomic E-state index is 14.1. The first-order valence-electron chi connectivity index (χ1n) is 11.5. The zero-order valence-corrected chi connectivity index (χ0v) is 20.6. The molecule has 13 heteroatoms. The zero-order chi connectivity index (χ0) is 27.9. The van der Waals surface area contributed by atoms with Crippen LogP contribution in [0.1, 0.15) is 17.5 Å². The predicted molar refractivity (Wildman–Crippen MR) is 130 cm³/mol. The van der Waals surface area contributed by atoms with Crippen LogP contribution in [0, 0.1) is 18.6 Å². The molecule has 0 saturated carbocycles. The van der Waals surface area contributed by atoms with Crippen molar-refractivity contribution < 1.29 is 36.4 Å². The summed E-state index contributed by atoms with van der Waals surface area (Å²) >= 11 is 0. The maximum atomic E-state index is 14.1. The van der Waals surface area contributed by atoms with E-state index in [0.29, 0.717) is 16.7 Å². The number of nitrogens with two attached hydrogens (primary N) is 1. The van der Waals surface area contributed by atoms with Crippen molar-refractivity contribution in [1.82, 2.24) is 15.4 Å². The summed E-state index contributed by atoms with van der Waals surface area (Å²) in [6.07, 6.45) is -1.94. The van der Waals surface area contributed by atoms with Crippen molar-refractivity contribution in [3.05, 3.63) is 71.3 Å². The fraction of sp³-hybridized carbons (Fsp3) is 0.320. The van der Waals surface area contributed by atoms with E-state index in [0.717, 1.165) is 4.90 Å². The van der Waals surface area contributed by atoms with Gasteiger partial charge in [-0.3, -0.25) is 5.32 Å². The normalized spacial score (nSPS) is 12.1. The Morgan fingerprint density at radius 2 is 1.92 bits per heavy atom. The molecule has 0 spiro atoms. The number of alkyl halides is 2. The molecule has 1 heterocycles. The highest BCUT2D eigenvalue weighted by Crippen LogP contribution is 2.24. The van der Waals surface area contributed by atoms with Crippen molar-refractivity contribution in [3.8, 4) is 11.3 Å². The molecule has 3 rings (SSSR count). The van der Waals surface area contributed by atoms with Crippen LogP contribution in [-0.4, -0.2) is 54.3 Å². The largest absolute Gasteiger partial charge is 0.447 e. The van der Waals surface area contributed by atoms with Crippen LogP contribution in [0.25, 0.3) is 11.3 Å². The number of hydrogen-bond acceptors (Lipinski definition) is 6. The van der Waals surface area contributed by atoms with Gasteiger partial charge < -0.3 is 25.2 Å². The Hall–Kier alpha value is -4.13. The summed E-state index contributed by atoms with van der Waals surface area (Å²) in [4.78, 5) is 25.9. The number of likely N-dealkylation sites (N-methyl/N-ethyl adjacent to an activating group) is 1. The number of aromatic nitrogens is 1. The Morgan fingerprint density at radius 3 is 2.63 bits per heavy atom. The third-order valence-electron chi connectivity index (χ3n) is 5.77. The number of carbonyl (C=O) groups is 2. The van der Waals surface area contributed by atoms with Gasteiger partial charge in [0.15, 0.2) is 0 Å². The first-order chi connectivity index (χ1) is 18.0. The van der Waals surface area contributed by atoms with Crippen molar-refractivity contribution in [1.29, 1.82) is 0 Å². The first-order valence-corrected chi connectivity index (χ1v) is 11.5. The number of anilines is 1. The van der Waals surface area contributed by atoms with E-state index in [1.54, 1.807) is 19.1 Å². The standard InChI is InChI=1S/C25H27F4N5O4/c1-15-17(6-4-8-20(15)27)12-31-23(35)34(2)19(11-25(28,29)14-30)13-37-24(36)32-22-10-21(33-38-22)16-5-3-7-18(26)9-16/h3-10,19H,11-14,30H2,1-2H3,(H,31,35)(H,32,36)/t19-/m0/s1. The van der Waals surface area contributed by atoms with Crippen molar-refractivity contribution in [2.75, 3.05) is 25.5 Å². The van der Waals surface area contributed by atoms with Gasteiger partial charge in [-0.15, -0.1) is 0 Å². The van der Waals surface area contributed by atoms with E-state index < -0.39 is 55.3 Å². The van der Waals surface area contributed by atoms with Crippen LogP contribution in [0.15, 0.2) is 53.1 Å². The molecule has 0 unspecified atom stereocenters. The third kappa shape index (κ3) is 7.68. The lowest BCUT2D eigenvalue weighted by molar-refractivity contribution is -0.0260. The van der Waals surface area contributed by atoms with Crippen LogP contribution in [0.4, 0.5) is 33.0 Å². The lowest BCUT2D eigenvalue weighted by atomic mass is 10.1. The molecule has 9 nitrogen and oxygen atoms in total. The molecule has 3 aromatic rings. The fourth-order valence-electron chi connectivity index (χ4n) is 3.47. The van der Waals surface area contributed by atoms with Gasteiger partial charge >= 0.3 is 12.1 Å². The Labute approximate surface area is 215 Å². The summed E-state index contributed by atoms with van der Waals surface area (Å²) < 4.78 is 65.4. The van der Waals surface area contributed by atoms with Crippen molar-refractivity contribution in [2.45, 2.75) is 31.9 Å². The molecular weight excluding hydrogens is 510 g/mol. The second-order valence-corrected chi connectivity index (χ2v) is 8.52. The van der Waals surface area contributed by atoms with Gasteiger partial charge in [-0.05, 0) is 36.2 Å². The van der Waals surface area contributed by atoms with Gasteiger partial charge in [-0.2, -0.15) is 0 Å². The molecule has 3 amide bonds. The van der Waals surface area contributed by atoms with Crippen molar-refractivity contribution in [3.63, 3.8) is 0 Å². The monoisotopic (exact) mass is 537 g/mol. The number of carbonyl (C=O) groups excluding carboxylic acids is 2. The summed E-state index contributed by atoms with van der Waals surface area (Å²) in [5, 5.41) is 8.53. The van der Waals surface area contributed by atoms with Gasteiger partial charge in [0.25, 0.3) is 5.92 Å². The smallest absolute Gasteiger partial charge is 0.414 e. The van der Waals surface area contributed by atoms with Crippen LogP contribution in [0.2, 0.25) is 0 Å². The van der Waals surface area contributed by atoms with Crippen molar-refractivity contribution >= 4 is 18.0 Å². The van der Waals surface area contributed by atoms with Crippen molar-refractivity contribution in [2.24, 2.45) is 5.73 Å². The summed E-state index contributed by atoms with van der Waals surface area (Å²) in [7, 11) is 1.26. The van der Waals surface area contributed by atoms with Gasteiger partial charge in [0, 0.05) is 31.6 Å². The molecule has 0 aliphatic heterocycles. The topological polar surface area (TPSA) is 123 Å². The highest BCUT2D eigenvalue weighted by Gasteiger charge is 2.35. The van der Waals surface area contributed by atoms with Gasteiger partial charge in [-0.1, -0.05) is 29.4 Å². The van der Waals surface area contributed by atoms with E-state index in [4.69, 9.17) is 15.0 Å². The second-order valence-electron chi connectivity index (χ2n) is 8.52. The van der Waals surface area contributed by atoms with Crippen LogP contribution in [-0.2, 0) is 11.3 Å². The average molecular weight is 538 g/mol. The number of urea groups is 1. The predicted octanol–water partition coefficient (Wildman–Crippen LogP) is 4.67. The Bertz CT molecular complexity index is 1270. The molecule has 0 saturated heterocycles. The molecule has 204 valence electrons. The van der Waals surface area contributed by atoms with E-state index in [-0.39, 0.29) is 18.1 Å². The van der Waals surface area contributed by atoms with Gasteiger partial charge in [0.1, 0.15) is 23.9 Å². The number of halogens is 4. The van der Waals surface area contributed by atoms with E-state index in [1.165, 1.54) is 43.4 Å². The molecule has 2 aromatic carbocycles. The SMILES string of the molecule is Cc1c(F)cccc1CNC(=O)N(C)[C@H](COC(=O)Nc1cc(-c2cccc(F)c2)no1)CC(F)(F)CN. The molecule has 0 bridgehead atoms. The summed E-state index contributed by atoms with van der Waals surface area (Å²) in [6.45, 7) is -0.0791. The second kappa shape index (κ2) is 12.4. The number of benzene rings is 2. The molecule has 0 aliphatic carbocycles. The minimum atomic E-state index is -3.34. The van der Waals surface area contributed by atoms with E-state index >= 15 is 0 Å². The molecular formula is C25H27F4N5O4. The maximum Gasteiger partial charge on any atom is 0.414 e. The third-order valence-corrected chi connectivity index (χ3v) is 5.77. The molecule has 1 atom stereocenters. The van der Waals surface area contributed by atoms with Gasteiger partial charge in [0.2, 0.25) is 5.88 Å². The molecule has 38 heavy (non-hydrogen) atoms.